The third-order valence-corrected chi connectivity index (χ3v) is 3.36. The topological polar surface area (TPSA) is 56.3 Å². The van der Waals surface area contributed by atoms with E-state index in [1.807, 2.05) is 13.0 Å². The SMILES string of the molecule is CCNc1cc(OC2CC(C)OC(C)C2)nc(CC)n1. The fourth-order valence-corrected chi connectivity index (χ4v) is 2.57. The predicted octanol–water partition coefficient (Wildman–Crippen LogP) is 2.81. The number of rotatable bonds is 5. The Bertz CT molecular complexity index is 429. The maximum absolute atomic E-state index is 6.05. The molecule has 2 rings (SSSR count). The van der Waals surface area contributed by atoms with Crippen LogP contribution >= 0.6 is 0 Å². The Labute approximate surface area is 121 Å². The molecule has 0 aliphatic carbocycles. The van der Waals surface area contributed by atoms with Crippen molar-refractivity contribution in [2.75, 3.05) is 11.9 Å². The smallest absolute Gasteiger partial charge is 0.219 e. The summed E-state index contributed by atoms with van der Waals surface area (Å²) in [4.78, 5) is 8.90. The van der Waals surface area contributed by atoms with E-state index in [-0.39, 0.29) is 18.3 Å². The van der Waals surface area contributed by atoms with Crippen molar-refractivity contribution in [2.45, 2.75) is 65.3 Å². The van der Waals surface area contributed by atoms with Crippen LogP contribution in [0.1, 0.15) is 46.4 Å². The molecule has 0 bridgehead atoms. The number of aromatic nitrogens is 2. The summed E-state index contributed by atoms with van der Waals surface area (Å²) in [6.07, 6.45) is 3.27. The lowest BCUT2D eigenvalue weighted by atomic mass is 10.0. The Hall–Kier alpha value is -1.36. The van der Waals surface area contributed by atoms with E-state index in [2.05, 4.69) is 36.1 Å². The fraction of sp³-hybridized carbons (Fsp3) is 0.733. The van der Waals surface area contributed by atoms with Crippen molar-refractivity contribution < 1.29 is 9.47 Å². The van der Waals surface area contributed by atoms with Gasteiger partial charge in [0.2, 0.25) is 5.88 Å². The first-order chi connectivity index (χ1) is 9.60. The largest absolute Gasteiger partial charge is 0.474 e. The molecule has 1 aliphatic heterocycles. The second-order valence-electron chi connectivity index (χ2n) is 5.36. The van der Waals surface area contributed by atoms with Crippen LogP contribution in [0.25, 0.3) is 0 Å². The zero-order chi connectivity index (χ0) is 14.5. The quantitative estimate of drug-likeness (QED) is 0.898. The van der Waals surface area contributed by atoms with Gasteiger partial charge in [0.25, 0.3) is 0 Å². The van der Waals surface area contributed by atoms with Crippen LogP contribution in [0.15, 0.2) is 6.07 Å². The summed E-state index contributed by atoms with van der Waals surface area (Å²) in [5.41, 5.74) is 0. The third kappa shape index (κ3) is 4.07. The summed E-state index contributed by atoms with van der Waals surface area (Å²) in [6.45, 7) is 9.12. The lowest BCUT2D eigenvalue weighted by molar-refractivity contribution is -0.0730. The van der Waals surface area contributed by atoms with Gasteiger partial charge in [0.1, 0.15) is 17.7 Å². The van der Waals surface area contributed by atoms with Gasteiger partial charge in [0.05, 0.1) is 12.2 Å². The van der Waals surface area contributed by atoms with E-state index >= 15 is 0 Å². The summed E-state index contributed by atoms with van der Waals surface area (Å²) in [5, 5.41) is 3.22. The standard InChI is InChI=1S/C15H25N3O2/c1-5-13-17-14(16-6-2)9-15(18-13)20-12-7-10(3)19-11(4)8-12/h9-12H,5-8H2,1-4H3,(H,16,17,18). The van der Waals surface area contributed by atoms with Crippen LogP contribution in [0, 0.1) is 0 Å². The van der Waals surface area contributed by atoms with Gasteiger partial charge in [-0.2, -0.15) is 4.98 Å². The molecule has 0 saturated carbocycles. The molecule has 2 heterocycles. The first kappa shape index (κ1) is 15.0. The number of aryl methyl sites for hydroxylation is 1. The zero-order valence-corrected chi connectivity index (χ0v) is 12.8. The molecular weight excluding hydrogens is 254 g/mol. The van der Waals surface area contributed by atoms with Crippen molar-refractivity contribution in [3.8, 4) is 5.88 Å². The van der Waals surface area contributed by atoms with Crippen LogP contribution in [-0.2, 0) is 11.2 Å². The molecule has 1 saturated heterocycles. The van der Waals surface area contributed by atoms with Crippen LogP contribution in [0.5, 0.6) is 5.88 Å². The molecule has 20 heavy (non-hydrogen) atoms. The maximum Gasteiger partial charge on any atom is 0.219 e. The molecule has 1 aliphatic rings. The number of hydrogen-bond acceptors (Lipinski definition) is 5. The van der Waals surface area contributed by atoms with Crippen molar-refractivity contribution in [3.63, 3.8) is 0 Å². The highest BCUT2D eigenvalue weighted by molar-refractivity contribution is 5.38. The second kappa shape index (κ2) is 6.88. The highest BCUT2D eigenvalue weighted by Gasteiger charge is 2.26. The van der Waals surface area contributed by atoms with Crippen LogP contribution in [0.2, 0.25) is 0 Å². The summed E-state index contributed by atoms with van der Waals surface area (Å²) >= 11 is 0. The Kier molecular flexibility index (Phi) is 5.17. The number of nitrogens with zero attached hydrogens (tertiary/aromatic N) is 2. The van der Waals surface area contributed by atoms with E-state index in [0.29, 0.717) is 5.88 Å². The van der Waals surface area contributed by atoms with Crippen LogP contribution < -0.4 is 10.1 Å². The molecule has 5 heteroatoms. The molecule has 0 spiro atoms. The summed E-state index contributed by atoms with van der Waals surface area (Å²) in [7, 11) is 0. The fourth-order valence-electron chi connectivity index (χ4n) is 2.57. The molecule has 1 fully saturated rings. The Morgan fingerprint density at radius 1 is 1.25 bits per heavy atom. The molecule has 0 radical (unpaired) electrons. The highest BCUT2D eigenvalue weighted by atomic mass is 16.5. The molecule has 112 valence electrons. The van der Waals surface area contributed by atoms with Crippen LogP contribution in [0.3, 0.4) is 0 Å². The van der Waals surface area contributed by atoms with Gasteiger partial charge in [0.15, 0.2) is 0 Å². The Balaban J connectivity index is 2.09. The molecule has 0 aromatic carbocycles. The molecule has 5 nitrogen and oxygen atoms in total. The van der Waals surface area contributed by atoms with Crippen molar-refractivity contribution >= 4 is 5.82 Å². The van der Waals surface area contributed by atoms with Crippen molar-refractivity contribution in [1.29, 1.82) is 0 Å². The highest BCUT2D eigenvalue weighted by Crippen LogP contribution is 2.24. The number of anilines is 1. The van der Waals surface area contributed by atoms with Gasteiger partial charge in [-0.05, 0) is 20.8 Å². The maximum atomic E-state index is 6.05. The molecule has 0 amide bonds. The van der Waals surface area contributed by atoms with Gasteiger partial charge in [-0.25, -0.2) is 4.98 Å². The third-order valence-electron chi connectivity index (χ3n) is 3.36. The molecule has 1 aromatic heterocycles. The predicted molar refractivity (Wildman–Crippen MR) is 79.2 cm³/mol. The Morgan fingerprint density at radius 2 is 1.95 bits per heavy atom. The average molecular weight is 279 g/mol. The van der Waals surface area contributed by atoms with Crippen molar-refractivity contribution in [1.82, 2.24) is 9.97 Å². The minimum absolute atomic E-state index is 0.169. The molecule has 1 N–H and O–H groups in total. The molecule has 2 unspecified atom stereocenters. The van der Waals surface area contributed by atoms with E-state index in [0.717, 1.165) is 37.4 Å². The monoisotopic (exact) mass is 279 g/mol. The number of hydrogen-bond donors (Lipinski definition) is 1. The first-order valence-corrected chi connectivity index (χ1v) is 7.54. The molecule has 2 atom stereocenters. The number of ether oxygens (including phenoxy) is 2. The van der Waals surface area contributed by atoms with E-state index in [1.165, 1.54) is 0 Å². The van der Waals surface area contributed by atoms with Gasteiger partial charge in [0, 0.05) is 31.9 Å². The second-order valence-corrected chi connectivity index (χ2v) is 5.36. The summed E-state index contributed by atoms with van der Waals surface area (Å²) < 4.78 is 11.8. The van der Waals surface area contributed by atoms with E-state index in [4.69, 9.17) is 9.47 Å². The van der Waals surface area contributed by atoms with Crippen molar-refractivity contribution in [2.24, 2.45) is 0 Å². The average Bonchev–Trinajstić information content (AvgIpc) is 2.37. The van der Waals surface area contributed by atoms with E-state index in [9.17, 15) is 0 Å². The van der Waals surface area contributed by atoms with Gasteiger partial charge in [-0.1, -0.05) is 6.92 Å². The first-order valence-electron chi connectivity index (χ1n) is 7.54. The minimum atomic E-state index is 0.169. The van der Waals surface area contributed by atoms with Gasteiger partial charge >= 0.3 is 0 Å². The summed E-state index contributed by atoms with van der Waals surface area (Å²) in [6, 6.07) is 1.88. The minimum Gasteiger partial charge on any atom is -0.474 e. The van der Waals surface area contributed by atoms with Crippen molar-refractivity contribution in [3.05, 3.63) is 11.9 Å². The van der Waals surface area contributed by atoms with Gasteiger partial charge in [-0.3, -0.25) is 0 Å². The van der Waals surface area contributed by atoms with Gasteiger partial charge < -0.3 is 14.8 Å². The Morgan fingerprint density at radius 3 is 2.55 bits per heavy atom. The van der Waals surface area contributed by atoms with E-state index < -0.39 is 0 Å². The lowest BCUT2D eigenvalue weighted by Gasteiger charge is -2.32. The summed E-state index contributed by atoms with van der Waals surface area (Å²) in [5.74, 6) is 2.31. The van der Waals surface area contributed by atoms with Crippen LogP contribution in [0.4, 0.5) is 5.82 Å². The lowest BCUT2D eigenvalue weighted by Crippen LogP contribution is -2.35. The number of nitrogens with one attached hydrogen (secondary N) is 1. The van der Waals surface area contributed by atoms with Crippen LogP contribution in [-0.4, -0.2) is 34.8 Å². The van der Waals surface area contributed by atoms with Gasteiger partial charge in [-0.15, -0.1) is 0 Å². The zero-order valence-electron chi connectivity index (χ0n) is 12.8. The normalized spacial score (nSPS) is 26.3. The molecular formula is C15H25N3O2. The van der Waals surface area contributed by atoms with E-state index in [1.54, 1.807) is 0 Å². The molecule has 1 aromatic rings.